The van der Waals surface area contributed by atoms with Crippen molar-refractivity contribution in [3.63, 3.8) is 0 Å². The minimum Gasteiger partial charge on any atom is -0.367 e. The van der Waals surface area contributed by atoms with Crippen LogP contribution < -0.4 is 10.5 Å². The molecule has 1 aromatic heterocycles. The van der Waals surface area contributed by atoms with E-state index in [0.29, 0.717) is 6.54 Å². The lowest BCUT2D eigenvalue weighted by molar-refractivity contribution is 0.597. The highest BCUT2D eigenvalue weighted by atomic mass is 32.2. The lowest BCUT2D eigenvalue weighted by Gasteiger charge is -2.04. The Hall–Kier alpha value is -1.63. The van der Waals surface area contributed by atoms with Crippen LogP contribution in [0.15, 0.2) is 47.6 Å². The van der Waals surface area contributed by atoms with Gasteiger partial charge in [0, 0.05) is 25.5 Å². The van der Waals surface area contributed by atoms with Crippen LogP contribution in [0.1, 0.15) is 11.1 Å². The zero-order valence-electron chi connectivity index (χ0n) is 9.76. The highest BCUT2D eigenvalue weighted by Gasteiger charge is 2.06. The molecule has 0 aliphatic rings. The molecule has 0 atom stereocenters. The van der Waals surface area contributed by atoms with E-state index < -0.39 is 10.0 Å². The minimum absolute atomic E-state index is 0.136. The molecule has 0 amide bonds. The number of hydrogen-bond acceptors (Lipinski definition) is 3. The van der Waals surface area contributed by atoms with Crippen LogP contribution in [0, 0.1) is 0 Å². The van der Waals surface area contributed by atoms with Crippen molar-refractivity contribution in [1.29, 1.82) is 0 Å². The van der Waals surface area contributed by atoms with E-state index in [1.165, 1.54) is 17.7 Å². The largest absolute Gasteiger partial charge is 0.367 e. The van der Waals surface area contributed by atoms with Gasteiger partial charge in [0.1, 0.15) is 0 Å². The fraction of sp³-hybridized carbons (Fsp3) is 0.167. The summed E-state index contributed by atoms with van der Waals surface area (Å²) in [6.07, 6.45) is 3.80. The van der Waals surface area contributed by atoms with Gasteiger partial charge in [-0.25, -0.2) is 13.6 Å². The van der Waals surface area contributed by atoms with Crippen LogP contribution in [0.25, 0.3) is 0 Å². The van der Waals surface area contributed by atoms with E-state index in [1.54, 1.807) is 12.1 Å². The van der Waals surface area contributed by atoms with Crippen molar-refractivity contribution < 1.29 is 8.42 Å². The van der Waals surface area contributed by atoms with Gasteiger partial charge in [-0.1, -0.05) is 12.1 Å². The van der Waals surface area contributed by atoms with E-state index >= 15 is 0 Å². The molecule has 0 radical (unpaired) electrons. The molecular weight excluding hydrogens is 250 g/mol. The van der Waals surface area contributed by atoms with Crippen LogP contribution in [0.5, 0.6) is 0 Å². The fourth-order valence-corrected chi connectivity index (χ4v) is 2.13. The molecule has 0 fully saturated rings. The Kier molecular flexibility index (Phi) is 3.81. The molecule has 18 heavy (non-hydrogen) atoms. The van der Waals surface area contributed by atoms with Gasteiger partial charge in [-0.15, -0.1) is 0 Å². The summed E-state index contributed by atoms with van der Waals surface area (Å²) in [6, 6.07) is 8.54. The standard InChI is InChI=1S/C12H15N3O2S/c13-18(16,17)12-3-1-10(2-4-12)7-15-9-11-5-6-14-8-11/h1-6,8,14-15H,7,9H2,(H2,13,16,17). The Balaban J connectivity index is 1.91. The molecule has 5 nitrogen and oxygen atoms in total. The van der Waals surface area contributed by atoms with Crippen LogP contribution in [0.4, 0.5) is 0 Å². The van der Waals surface area contributed by atoms with Gasteiger partial charge in [0.25, 0.3) is 0 Å². The Bertz CT molecular complexity index is 589. The SMILES string of the molecule is NS(=O)(=O)c1ccc(CNCc2cc[nH]c2)cc1. The third-order valence-corrected chi connectivity index (χ3v) is 3.50. The summed E-state index contributed by atoms with van der Waals surface area (Å²) in [6.45, 7) is 1.44. The van der Waals surface area contributed by atoms with Gasteiger partial charge < -0.3 is 10.3 Å². The Morgan fingerprint density at radius 1 is 1.06 bits per heavy atom. The number of rotatable bonds is 5. The molecule has 1 heterocycles. The molecule has 4 N–H and O–H groups in total. The van der Waals surface area contributed by atoms with E-state index in [1.807, 2.05) is 18.5 Å². The summed E-state index contributed by atoms with van der Waals surface area (Å²) < 4.78 is 22.1. The van der Waals surface area contributed by atoms with Crippen molar-refractivity contribution >= 4 is 10.0 Å². The maximum atomic E-state index is 11.1. The molecule has 0 spiro atoms. The summed E-state index contributed by atoms with van der Waals surface area (Å²) >= 11 is 0. The lowest BCUT2D eigenvalue weighted by Crippen LogP contribution is -2.14. The second-order valence-corrected chi connectivity index (χ2v) is 5.57. The van der Waals surface area contributed by atoms with Crippen molar-refractivity contribution in [1.82, 2.24) is 10.3 Å². The average Bonchev–Trinajstić information content (AvgIpc) is 2.82. The Labute approximate surface area is 106 Å². The first-order chi connectivity index (χ1) is 8.55. The summed E-state index contributed by atoms with van der Waals surface area (Å²) in [5.74, 6) is 0. The van der Waals surface area contributed by atoms with Crippen molar-refractivity contribution in [3.05, 3.63) is 53.9 Å². The summed E-state index contributed by atoms with van der Waals surface area (Å²) in [4.78, 5) is 3.12. The number of primary sulfonamides is 1. The van der Waals surface area contributed by atoms with Crippen molar-refractivity contribution in [2.45, 2.75) is 18.0 Å². The topological polar surface area (TPSA) is 88.0 Å². The second kappa shape index (κ2) is 5.34. The molecule has 2 rings (SSSR count). The molecule has 0 aliphatic carbocycles. The maximum Gasteiger partial charge on any atom is 0.238 e. The number of nitrogens with one attached hydrogen (secondary N) is 2. The zero-order valence-corrected chi connectivity index (χ0v) is 10.6. The highest BCUT2D eigenvalue weighted by molar-refractivity contribution is 7.89. The van der Waals surface area contributed by atoms with Gasteiger partial charge in [-0.05, 0) is 29.3 Å². The molecular formula is C12H15N3O2S. The van der Waals surface area contributed by atoms with Crippen LogP contribution >= 0.6 is 0 Å². The van der Waals surface area contributed by atoms with E-state index in [9.17, 15) is 8.42 Å². The molecule has 0 saturated carbocycles. The van der Waals surface area contributed by atoms with E-state index in [4.69, 9.17) is 5.14 Å². The number of benzene rings is 1. The number of hydrogen-bond donors (Lipinski definition) is 3. The van der Waals surface area contributed by atoms with Crippen LogP contribution in [0.3, 0.4) is 0 Å². The first kappa shape index (κ1) is 12.8. The van der Waals surface area contributed by atoms with Gasteiger partial charge in [-0.2, -0.15) is 0 Å². The number of H-pyrrole nitrogens is 1. The van der Waals surface area contributed by atoms with Crippen LogP contribution in [0.2, 0.25) is 0 Å². The Morgan fingerprint density at radius 2 is 1.72 bits per heavy atom. The summed E-state index contributed by atoms with van der Waals surface area (Å²) in [7, 11) is -3.60. The first-order valence-electron chi connectivity index (χ1n) is 5.50. The zero-order chi connectivity index (χ0) is 13.0. The monoisotopic (exact) mass is 265 g/mol. The van der Waals surface area contributed by atoms with Crippen LogP contribution in [-0.4, -0.2) is 13.4 Å². The van der Waals surface area contributed by atoms with Gasteiger partial charge in [0.15, 0.2) is 0 Å². The molecule has 2 aromatic rings. The lowest BCUT2D eigenvalue weighted by atomic mass is 10.2. The number of aromatic nitrogens is 1. The highest BCUT2D eigenvalue weighted by Crippen LogP contribution is 2.08. The van der Waals surface area contributed by atoms with Gasteiger partial charge in [0.2, 0.25) is 10.0 Å². The minimum atomic E-state index is -3.60. The molecule has 0 saturated heterocycles. The smallest absolute Gasteiger partial charge is 0.238 e. The van der Waals surface area contributed by atoms with Gasteiger partial charge in [-0.3, -0.25) is 0 Å². The van der Waals surface area contributed by atoms with E-state index in [2.05, 4.69) is 10.3 Å². The molecule has 1 aromatic carbocycles. The van der Waals surface area contributed by atoms with Crippen LogP contribution in [-0.2, 0) is 23.1 Å². The molecule has 0 bridgehead atoms. The number of aromatic amines is 1. The normalized spacial score (nSPS) is 11.6. The van der Waals surface area contributed by atoms with Crippen molar-refractivity contribution in [3.8, 4) is 0 Å². The van der Waals surface area contributed by atoms with E-state index in [0.717, 1.165) is 12.1 Å². The number of sulfonamides is 1. The predicted octanol–water partition coefficient (Wildman–Crippen LogP) is 0.952. The molecule has 96 valence electrons. The maximum absolute atomic E-state index is 11.1. The third kappa shape index (κ3) is 3.43. The first-order valence-corrected chi connectivity index (χ1v) is 7.04. The molecule has 6 heteroatoms. The molecule has 0 unspecified atom stereocenters. The number of nitrogens with two attached hydrogens (primary N) is 1. The summed E-state index contributed by atoms with van der Waals surface area (Å²) in [5, 5.41) is 8.29. The van der Waals surface area contributed by atoms with E-state index in [-0.39, 0.29) is 4.90 Å². The fourth-order valence-electron chi connectivity index (χ4n) is 1.62. The van der Waals surface area contributed by atoms with Crippen molar-refractivity contribution in [2.75, 3.05) is 0 Å². The summed E-state index contributed by atoms with van der Waals surface area (Å²) in [5.41, 5.74) is 2.19. The second-order valence-electron chi connectivity index (χ2n) is 4.01. The van der Waals surface area contributed by atoms with Crippen molar-refractivity contribution in [2.24, 2.45) is 5.14 Å². The van der Waals surface area contributed by atoms with Gasteiger partial charge >= 0.3 is 0 Å². The van der Waals surface area contributed by atoms with Gasteiger partial charge in [0.05, 0.1) is 4.90 Å². The Morgan fingerprint density at radius 3 is 2.28 bits per heavy atom. The predicted molar refractivity (Wildman–Crippen MR) is 69.2 cm³/mol. The quantitative estimate of drug-likeness (QED) is 0.752. The third-order valence-electron chi connectivity index (χ3n) is 2.57. The molecule has 0 aliphatic heterocycles. The average molecular weight is 265 g/mol.